The van der Waals surface area contributed by atoms with Crippen molar-refractivity contribution < 1.29 is 27.5 Å². The van der Waals surface area contributed by atoms with Gasteiger partial charge in [-0.15, -0.1) is 0 Å². The first-order valence-corrected chi connectivity index (χ1v) is 14.5. The van der Waals surface area contributed by atoms with E-state index in [1.54, 1.807) is 30.3 Å². The highest BCUT2D eigenvalue weighted by molar-refractivity contribution is 7.22. The predicted octanol–water partition coefficient (Wildman–Crippen LogP) is 6.45. The van der Waals surface area contributed by atoms with E-state index in [-0.39, 0.29) is 29.2 Å². The number of carbonyl (C=O) groups is 2. The number of ether oxygens (including phenoxy) is 1. The number of rotatable bonds is 7. The maximum absolute atomic E-state index is 13.9. The van der Waals surface area contributed by atoms with Crippen LogP contribution in [0.5, 0.6) is 5.75 Å². The topological polar surface area (TPSA) is 96.5 Å². The number of alkyl halides is 3. The van der Waals surface area contributed by atoms with Gasteiger partial charge in [-0.3, -0.25) is 9.59 Å². The molecule has 0 atom stereocenters. The quantitative estimate of drug-likeness (QED) is 0.255. The van der Waals surface area contributed by atoms with Crippen molar-refractivity contribution in [1.82, 2.24) is 14.9 Å². The first-order valence-electron chi connectivity index (χ1n) is 13.7. The molecule has 1 aliphatic heterocycles. The summed E-state index contributed by atoms with van der Waals surface area (Å²) in [6, 6.07) is 13.9. The van der Waals surface area contributed by atoms with Crippen molar-refractivity contribution in [2.75, 3.05) is 30.8 Å². The molecule has 2 amide bonds. The van der Waals surface area contributed by atoms with E-state index in [2.05, 4.69) is 25.5 Å². The smallest absolute Gasteiger partial charge is 0.419 e. The molecule has 4 aromatic rings. The summed E-state index contributed by atoms with van der Waals surface area (Å²) in [6.45, 7) is 1.50. The minimum atomic E-state index is -4.68. The highest BCUT2D eigenvalue weighted by Crippen LogP contribution is 2.38. The van der Waals surface area contributed by atoms with Gasteiger partial charge < -0.3 is 20.3 Å². The molecule has 12 heteroatoms. The van der Waals surface area contributed by atoms with Crippen LogP contribution in [0.2, 0.25) is 0 Å². The fourth-order valence-corrected chi connectivity index (χ4v) is 5.66. The van der Waals surface area contributed by atoms with Crippen LogP contribution in [0.25, 0.3) is 21.6 Å². The molecule has 0 radical (unpaired) electrons. The van der Waals surface area contributed by atoms with Gasteiger partial charge in [0, 0.05) is 35.8 Å². The number of nitrogens with one attached hydrogen (secondary N) is 2. The van der Waals surface area contributed by atoms with Crippen LogP contribution in [0, 0.1) is 5.92 Å². The number of halogens is 3. The standard InChI is InChI=1S/C30H28F3N5O3S/c1-38-13-11-21(12-14-38)41-25-10-7-19(16-22(25)30(31,32)33)27(40)34-20-4-2-3-18(15-20)23-8-9-24-28(35-23)42-29(36-24)37-26(39)17-5-6-17/h2-4,7-10,15-17,21H,5-6,11-14H2,1H3,(H,34,40)(H,36,37,39). The van der Waals surface area contributed by atoms with Crippen LogP contribution in [0.15, 0.2) is 54.6 Å². The third-order valence-electron chi connectivity index (χ3n) is 7.36. The van der Waals surface area contributed by atoms with E-state index in [1.165, 1.54) is 23.5 Å². The first-order chi connectivity index (χ1) is 20.1. The Kier molecular flexibility index (Phi) is 7.58. The number of amides is 2. The molecule has 1 aliphatic carbocycles. The highest BCUT2D eigenvalue weighted by atomic mass is 32.1. The third kappa shape index (κ3) is 6.39. The molecule has 3 heterocycles. The molecule has 6 rings (SSSR count). The number of likely N-dealkylation sites (tertiary alicyclic amines) is 1. The number of pyridine rings is 1. The van der Waals surface area contributed by atoms with Gasteiger partial charge in [-0.1, -0.05) is 23.5 Å². The second-order valence-corrected chi connectivity index (χ2v) is 11.6. The maximum atomic E-state index is 13.9. The first kappa shape index (κ1) is 28.1. The van der Waals surface area contributed by atoms with Crippen LogP contribution in [-0.4, -0.2) is 52.9 Å². The molecule has 2 N–H and O–H groups in total. The summed E-state index contributed by atoms with van der Waals surface area (Å²) in [6.07, 6.45) is -1.93. The molecular weight excluding hydrogens is 567 g/mol. The monoisotopic (exact) mass is 595 g/mol. The average Bonchev–Trinajstić information content (AvgIpc) is 3.74. The fourth-order valence-electron chi connectivity index (χ4n) is 4.82. The Morgan fingerprint density at radius 2 is 1.76 bits per heavy atom. The van der Waals surface area contributed by atoms with Gasteiger partial charge in [0.1, 0.15) is 22.2 Å². The van der Waals surface area contributed by atoms with E-state index in [4.69, 9.17) is 4.74 Å². The maximum Gasteiger partial charge on any atom is 0.419 e. The number of hydrogen-bond acceptors (Lipinski definition) is 7. The Hall–Kier alpha value is -4.03. The minimum Gasteiger partial charge on any atom is -0.490 e. The molecule has 2 aromatic heterocycles. The molecular formula is C30H28F3N5O3S. The lowest BCUT2D eigenvalue weighted by molar-refractivity contribution is -0.139. The van der Waals surface area contributed by atoms with Gasteiger partial charge >= 0.3 is 6.18 Å². The molecule has 2 aromatic carbocycles. The number of thiazole rings is 1. The zero-order chi connectivity index (χ0) is 29.4. The van der Waals surface area contributed by atoms with E-state index in [9.17, 15) is 22.8 Å². The number of nitrogens with zero attached hydrogens (tertiary/aromatic N) is 3. The Bertz CT molecular complexity index is 1640. The Labute approximate surface area is 243 Å². The molecule has 0 unspecified atom stereocenters. The number of aromatic nitrogens is 2. The van der Waals surface area contributed by atoms with Gasteiger partial charge in [0.2, 0.25) is 5.91 Å². The molecule has 42 heavy (non-hydrogen) atoms. The largest absolute Gasteiger partial charge is 0.490 e. The van der Waals surface area contributed by atoms with E-state index in [0.717, 1.165) is 32.0 Å². The second kappa shape index (κ2) is 11.3. The van der Waals surface area contributed by atoms with Gasteiger partial charge in [-0.05, 0) is 75.2 Å². The van der Waals surface area contributed by atoms with Gasteiger partial charge in [-0.2, -0.15) is 13.2 Å². The molecule has 218 valence electrons. The molecule has 2 aliphatic rings. The lowest BCUT2D eigenvalue weighted by Crippen LogP contribution is -2.36. The second-order valence-electron chi connectivity index (χ2n) is 10.7. The summed E-state index contributed by atoms with van der Waals surface area (Å²) in [4.78, 5) is 36.9. The van der Waals surface area contributed by atoms with Crippen molar-refractivity contribution in [1.29, 1.82) is 0 Å². The van der Waals surface area contributed by atoms with Gasteiger partial charge in [0.15, 0.2) is 5.13 Å². The predicted molar refractivity (Wildman–Crippen MR) is 155 cm³/mol. The van der Waals surface area contributed by atoms with Gasteiger partial charge in [0.05, 0.1) is 11.3 Å². The summed E-state index contributed by atoms with van der Waals surface area (Å²) < 4.78 is 47.5. The van der Waals surface area contributed by atoms with Crippen LogP contribution in [0.3, 0.4) is 0 Å². The van der Waals surface area contributed by atoms with Crippen molar-refractivity contribution in [3.8, 4) is 17.0 Å². The third-order valence-corrected chi connectivity index (χ3v) is 8.24. The molecule has 1 saturated heterocycles. The number of carbonyl (C=O) groups excluding carboxylic acids is 2. The Balaban J connectivity index is 1.18. The fraction of sp³-hybridized carbons (Fsp3) is 0.333. The molecule has 1 saturated carbocycles. The van der Waals surface area contributed by atoms with Gasteiger partial charge in [-0.25, -0.2) is 9.97 Å². The number of fused-ring (bicyclic) bond motifs is 1. The zero-order valence-electron chi connectivity index (χ0n) is 22.7. The van der Waals surface area contributed by atoms with E-state index in [0.29, 0.717) is 45.3 Å². The van der Waals surface area contributed by atoms with E-state index in [1.807, 2.05) is 13.1 Å². The molecule has 0 spiro atoms. The Morgan fingerprint density at radius 1 is 0.976 bits per heavy atom. The summed E-state index contributed by atoms with van der Waals surface area (Å²) in [7, 11) is 1.96. The Morgan fingerprint density at radius 3 is 2.50 bits per heavy atom. The number of benzene rings is 2. The highest BCUT2D eigenvalue weighted by Gasteiger charge is 2.36. The average molecular weight is 596 g/mol. The van der Waals surface area contributed by atoms with Crippen LogP contribution < -0.4 is 15.4 Å². The van der Waals surface area contributed by atoms with Crippen LogP contribution in [-0.2, 0) is 11.0 Å². The zero-order valence-corrected chi connectivity index (χ0v) is 23.5. The van der Waals surface area contributed by atoms with Crippen molar-refractivity contribution in [2.45, 2.75) is 38.0 Å². The van der Waals surface area contributed by atoms with E-state index >= 15 is 0 Å². The summed E-state index contributed by atoms with van der Waals surface area (Å²) >= 11 is 1.28. The molecule has 8 nitrogen and oxygen atoms in total. The minimum absolute atomic E-state index is 0.0282. The van der Waals surface area contributed by atoms with Gasteiger partial charge in [0.25, 0.3) is 5.91 Å². The van der Waals surface area contributed by atoms with E-state index < -0.39 is 17.6 Å². The lowest BCUT2D eigenvalue weighted by Gasteiger charge is -2.30. The number of hydrogen-bond donors (Lipinski definition) is 2. The van der Waals surface area contributed by atoms with Crippen LogP contribution in [0.1, 0.15) is 41.6 Å². The van der Waals surface area contributed by atoms with Crippen molar-refractivity contribution in [3.63, 3.8) is 0 Å². The summed E-state index contributed by atoms with van der Waals surface area (Å²) in [5.74, 6) is -0.908. The molecule has 0 bridgehead atoms. The summed E-state index contributed by atoms with van der Waals surface area (Å²) in [5.41, 5.74) is 1.27. The van der Waals surface area contributed by atoms with Crippen molar-refractivity contribution in [3.05, 3.63) is 65.7 Å². The SMILES string of the molecule is CN1CCC(Oc2ccc(C(=O)Nc3cccc(-c4ccc5nc(NC(=O)C6CC6)sc5n4)c3)cc2C(F)(F)F)CC1. The summed E-state index contributed by atoms with van der Waals surface area (Å²) in [5, 5.41) is 6.03. The van der Waals surface area contributed by atoms with Crippen molar-refractivity contribution in [2.24, 2.45) is 5.92 Å². The molecule has 2 fully saturated rings. The van der Waals surface area contributed by atoms with Crippen molar-refractivity contribution >= 4 is 44.3 Å². The number of piperidine rings is 1. The van der Waals surface area contributed by atoms with Crippen LogP contribution in [0.4, 0.5) is 24.0 Å². The van der Waals surface area contributed by atoms with Crippen LogP contribution >= 0.6 is 11.3 Å². The normalized spacial score (nSPS) is 16.4. The number of anilines is 2. The lowest BCUT2D eigenvalue weighted by atomic mass is 10.1.